The van der Waals surface area contributed by atoms with Crippen LogP contribution in [0.1, 0.15) is 20.3 Å². The Balaban J connectivity index is 2.28. The van der Waals surface area contributed by atoms with E-state index in [1.807, 2.05) is 0 Å². The van der Waals surface area contributed by atoms with Crippen LogP contribution in [0.2, 0.25) is 0 Å². The Bertz CT molecular complexity index is 204. The molecule has 2 heteroatoms. The van der Waals surface area contributed by atoms with Crippen molar-refractivity contribution >= 4 is 0 Å². The summed E-state index contributed by atoms with van der Waals surface area (Å²) >= 11 is 0. The van der Waals surface area contributed by atoms with E-state index in [1.54, 1.807) is 0 Å². The van der Waals surface area contributed by atoms with E-state index in [0.29, 0.717) is 6.04 Å². The molecule has 0 bridgehead atoms. The lowest BCUT2D eigenvalue weighted by molar-refractivity contribution is 0.0286. The second-order valence-corrected chi connectivity index (χ2v) is 3.98. The maximum atomic E-state index is 5.31. The Labute approximate surface area is 87.2 Å². The van der Waals surface area contributed by atoms with Crippen molar-refractivity contribution in [3.05, 3.63) is 24.3 Å². The first-order chi connectivity index (χ1) is 6.70. The smallest absolute Gasteiger partial charge is 0.0594 e. The number of rotatable bonds is 4. The summed E-state index contributed by atoms with van der Waals surface area (Å²) in [6.07, 6.45) is 5.47. The third-order valence-electron chi connectivity index (χ3n) is 2.50. The predicted octanol–water partition coefficient (Wildman–Crippen LogP) is 2.23. The highest BCUT2D eigenvalue weighted by atomic mass is 16.5. The standard InChI is InChI=1S/C12H21NO/c1-11(2)5-4-6-12(3)13-7-9-14-10-8-13/h4,6,12H,1,5,7-10H2,2-3H3/b6-4+. The summed E-state index contributed by atoms with van der Waals surface area (Å²) in [6, 6.07) is 0.526. The monoisotopic (exact) mass is 195 g/mol. The van der Waals surface area contributed by atoms with E-state index in [2.05, 4.69) is 37.5 Å². The highest BCUT2D eigenvalue weighted by molar-refractivity contribution is 5.01. The zero-order valence-corrected chi connectivity index (χ0v) is 9.33. The Kier molecular flexibility index (Phi) is 4.91. The molecule has 1 rings (SSSR count). The van der Waals surface area contributed by atoms with E-state index < -0.39 is 0 Å². The number of allylic oxidation sites excluding steroid dienone is 2. The third kappa shape index (κ3) is 4.07. The minimum Gasteiger partial charge on any atom is -0.379 e. The molecule has 0 aromatic heterocycles. The number of nitrogens with zero attached hydrogens (tertiary/aromatic N) is 1. The molecule has 1 heterocycles. The highest BCUT2D eigenvalue weighted by Crippen LogP contribution is 2.06. The molecule has 0 aromatic rings. The van der Waals surface area contributed by atoms with Crippen molar-refractivity contribution in [2.24, 2.45) is 0 Å². The molecular weight excluding hydrogens is 174 g/mol. The number of ether oxygens (including phenoxy) is 1. The summed E-state index contributed by atoms with van der Waals surface area (Å²) in [5, 5.41) is 0. The van der Waals surface area contributed by atoms with Gasteiger partial charge in [-0.2, -0.15) is 0 Å². The lowest BCUT2D eigenvalue weighted by atomic mass is 10.2. The molecule has 14 heavy (non-hydrogen) atoms. The summed E-state index contributed by atoms with van der Waals surface area (Å²) in [6.45, 7) is 12.0. The van der Waals surface area contributed by atoms with Crippen LogP contribution in [0.15, 0.2) is 24.3 Å². The highest BCUT2D eigenvalue weighted by Gasteiger charge is 2.13. The van der Waals surface area contributed by atoms with Gasteiger partial charge in [0.25, 0.3) is 0 Å². The molecule has 2 nitrogen and oxygen atoms in total. The summed E-state index contributed by atoms with van der Waals surface area (Å²) in [4.78, 5) is 2.44. The summed E-state index contributed by atoms with van der Waals surface area (Å²) in [7, 11) is 0. The number of hydrogen-bond acceptors (Lipinski definition) is 2. The van der Waals surface area contributed by atoms with Gasteiger partial charge in [0.1, 0.15) is 0 Å². The molecule has 0 aliphatic carbocycles. The number of morpholine rings is 1. The molecule has 0 radical (unpaired) electrons. The first kappa shape index (κ1) is 11.5. The van der Waals surface area contributed by atoms with E-state index in [1.165, 1.54) is 5.57 Å². The first-order valence-corrected chi connectivity index (χ1v) is 5.33. The molecule has 1 aliphatic heterocycles. The maximum absolute atomic E-state index is 5.31. The van der Waals surface area contributed by atoms with Gasteiger partial charge in [0.2, 0.25) is 0 Å². The molecule has 0 spiro atoms. The Morgan fingerprint density at radius 3 is 2.71 bits per heavy atom. The van der Waals surface area contributed by atoms with Gasteiger partial charge in [0, 0.05) is 19.1 Å². The largest absolute Gasteiger partial charge is 0.379 e. The van der Waals surface area contributed by atoms with Crippen LogP contribution < -0.4 is 0 Å². The van der Waals surface area contributed by atoms with Crippen molar-refractivity contribution in [1.29, 1.82) is 0 Å². The molecule has 0 N–H and O–H groups in total. The molecule has 1 aliphatic rings. The van der Waals surface area contributed by atoms with Gasteiger partial charge in [-0.05, 0) is 20.3 Å². The minimum atomic E-state index is 0.526. The molecule has 1 unspecified atom stereocenters. The van der Waals surface area contributed by atoms with Crippen LogP contribution in [0.25, 0.3) is 0 Å². The van der Waals surface area contributed by atoms with Gasteiger partial charge >= 0.3 is 0 Å². The summed E-state index contributed by atoms with van der Waals surface area (Å²) in [5.74, 6) is 0. The zero-order chi connectivity index (χ0) is 10.4. The van der Waals surface area contributed by atoms with Crippen molar-refractivity contribution in [3.63, 3.8) is 0 Å². The lowest BCUT2D eigenvalue weighted by Gasteiger charge is -2.30. The number of hydrogen-bond donors (Lipinski definition) is 0. The third-order valence-corrected chi connectivity index (χ3v) is 2.50. The molecule has 0 aromatic carbocycles. The van der Waals surface area contributed by atoms with E-state index in [9.17, 15) is 0 Å². The molecule has 1 atom stereocenters. The fourth-order valence-electron chi connectivity index (χ4n) is 1.57. The predicted molar refractivity (Wildman–Crippen MR) is 60.4 cm³/mol. The van der Waals surface area contributed by atoms with Gasteiger partial charge < -0.3 is 4.74 Å². The Morgan fingerprint density at radius 2 is 2.14 bits per heavy atom. The van der Waals surface area contributed by atoms with Crippen LogP contribution in [0.5, 0.6) is 0 Å². The molecule has 1 fully saturated rings. The zero-order valence-electron chi connectivity index (χ0n) is 9.33. The van der Waals surface area contributed by atoms with Crippen molar-refractivity contribution < 1.29 is 4.74 Å². The van der Waals surface area contributed by atoms with Crippen LogP contribution in [-0.2, 0) is 4.74 Å². The van der Waals surface area contributed by atoms with Crippen LogP contribution in [0, 0.1) is 0 Å². The molecule has 80 valence electrons. The average molecular weight is 195 g/mol. The van der Waals surface area contributed by atoms with Gasteiger partial charge in [0.15, 0.2) is 0 Å². The summed E-state index contributed by atoms with van der Waals surface area (Å²) in [5.41, 5.74) is 1.22. The van der Waals surface area contributed by atoms with Crippen LogP contribution in [-0.4, -0.2) is 37.2 Å². The van der Waals surface area contributed by atoms with Gasteiger partial charge in [-0.1, -0.05) is 24.3 Å². The van der Waals surface area contributed by atoms with E-state index >= 15 is 0 Å². The fourth-order valence-corrected chi connectivity index (χ4v) is 1.57. The first-order valence-electron chi connectivity index (χ1n) is 5.33. The quantitative estimate of drug-likeness (QED) is 0.638. The molecule has 1 saturated heterocycles. The minimum absolute atomic E-state index is 0.526. The second-order valence-electron chi connectivity index (χ2n) is 3.98. The van der Waals surface area contributed by atoms with E-state index in [0.717, 1.165) is 32.7 Å². The molecule has 0 amide bonds. The molecular formula is C12H21NO. The van der Waals surface area contributed by atoms with Crippen LogP contribution in [0.4, 0.5) is 0 Å². The van der Waals surface area contributed by atoms with Crippen molar-refractivity contribution in [3.8, 4) is 0 Å². The second kappa shape index (κ2) is 5.99. The van der Waals surface area contributed by atoms with Crippen molar-refractivity contribution in [1.82, 2.24) is 4.90 Å². The SMILES string of the molecule is C=C(C)C/C=C/C(C)N1CCOCC1. The van der Waals surface area contributed by atoms with Gasteiger partial charge in [-0.3, -0.25) is 4.90 Å². The van der Waals surface area contributed by atoms with Gasteiger partial charge in [-0.25, -0.2) is 0 Å². The van der Waals surface area contributed by atoms with Crippen LogP contribution in [0.3, 0.4) is 0 Å². The van der Waals surface area contributed by atoms with Gasteiger partial charge in [0.05, 0.1) is 13.2 Å². The van der Waals surface area contributed by atoms with Crippen LogP contribution >= 0.6 is 0 Å². The Hall–Kier alpha value is -0.600. The van der Waals surface area contributed by atoms with Gasteiger partial charge in [-0.15, -0.1) is 0 Å². The Morgan fingerprint density at radius 1 is 1.50 bits per heavy atom. The maximum Gasteiger partial charge on any atom is 0.0594 e. The topological polar surface area (TPSA) is 12.5 Å². The van der Waals surface area contributed by atoms with E-state index in [-0.39, 0.29) is 0 Å². The fraction of sp³-hybridized carbons (Fsp3) is 0.667. The van der Waals surface area contributed by atoms with Crippen molar-refractivity contribution in [2.75, 3.05) is 26.3 Å². The lowest BCUT2D eigenvalue weighted by Crippen LogP contribution is -2.41. The van der Waals surface area contributed by atoms with E-state index in [4.69, 9.17) is 4.74 Å². The average Bonchev–Trinajstić information content (AvgIpc) is 2.18. The van der Waals surface area contributed by atoms with Crippen molar-refractivity contribution in [2.45, 2.75) is 26.3 Å². The normalized spacial score (nSPS) is 21.3. The molecule has 0 saturated carbocycles. The summed E-state index contributed by atoms with van der Waals surface area (Å²) < 4.78 is 5.31.